The van der Waals surface area contributed by atoms with E-state index < -0.39 is 11.7 Å². The first-order valence-corrected chi connectivity index (χ1v) is 7.98. The van der Waals surface area contributed by atoms with Crippen LogP contribution >= 0.6 is 11.3 Å². The average Bonchev–Trinajstić information content (AvgIpc) is 3.09. The first-order chi connectivity index (χ1) is 10.1. The van der Waals surface area contributed by atoms with Gasteiger partial charge >= 0.3 is 5.97 Å². The second-order valence-electron chi connectivity index (χ2n) is 5.37. The van der Waals surface area contributed by atoms with E-state index in [1.54, 1.807) is 12.3 Å². The number of ketones is 1. The van der Waals surface area contributed by atoms with E-state index in [1.807, 2.05) is 6.07 Å². The number of aryl methyl sites for hydroxylation is 1. The van der Waals surface area contributed by atoms with Crippen molar-refractivity contribution < 1.29 is 14.3 Å². The van der Waals surface area contributed by atoms with Gasteiger partial charge in [0.2, 0.25) is 0 Å². The monoisotopic (exact) mass is 306 g/mol. The van der Waals surface area contributed by atoms with Crippen molar-refractivity contribution in [1.29, 1.82) is 5.26 Å². The van der Waals surface area contributed by atoms with Gasteiger partial charge in [0.05, 0.1) is 6.07 Å². The van der Waals surface area contributed by atoms with Gasteiger partial charge in [-0.2, -0.15) is 5.26 Å². The number of nitrogens with zero attached hydrogens (tertiary/aromatic N) is 2. The lowest BCUT2D eigenvalue weighted by molar-refractivity contribution is -0.149. The number of carbonyl (C=O) groups excluding carboxylic acids is 2. The fourth-order valence-electron chi connectivity index (χ4n) is 2.51. The van der Waals surface area contributed by atoms with Crippen LogP contribution in [0.4, 0.5) is 0 Å². The first-order valence-electron chi connectivity index (χ1n) is 7.10. The van der Waals surface area contributed by atoms with Gasteiger partial charge in [0, 0.05) is 17.5 Å². The topological polar surface area (TPSA) is 80.0 Å². The zero-order chi connectivity index (χ0) is 15.2. The average molecular weight is 306 g/mol. The molecule has 0 saturated heterocycles. The van der Waals surface area contributed by atoms with Crippen molar-refractivity contribution in [1.82, 2.24) is 4.98 Å². The summed E-state index contributed by atoms with van der Waals surface area (Å²) in [5, 5.41) is 11.4. The fourth-order valence-corrected chi connectivity index (χ4v) is 3.37. The van der Waals surface area contributed by atoms with E-state index in [2.05, 4.69) is 4.98 Å². The first kappa shape index (κ1) is 15.6. The fraction of sp³-hybridized carbons (Fsp3) is 0.600. The summed E-state index contributed by atoms with van der Waals surface area (Å²) in [6.45, 7) is 1.46. The van der Waals surface area contributed by atoms with Crippen molar-refractivity contribution in [3.8, 4) is 6.07 Å². The van der Waals surface area contributed by atoms with E-state index in [4.69, 9.17) is 10.00 Å². The van der Waals surface area contributed by atoms with Gasteiger partial charge in [-0.3, -0.25) is 9.59 Å². The van der Waals surface area contributed by atoms with Crippen LogP contribution < -0.4 is 0 Å². The highest BCUT2D eigenvalue weighted by molar-refractivity contribution is 7.09. The number of esters is 1. The van der Waals surface area contributed by atoms with E-state index in [1.165, 1.54) is 11.3 Å². The lowest BCUT2D eigenvalue weighted by Crippen LogP contribution is -2.20. The standard InChI is InChI=1S/C15H18N2O3S/c1-10-9-21-15(17-10)12(7-16)13(18)8-20-14(19)6-11-4-2-3-5-11/h9,11-12H,2-6,8H2,1H3/t12-/m1/s1. The molecule has 0 N–H and O–H groups in total. The molecule has 1 aromatic rings. The van der Waals surface area contributed by atoms with Gasteiger partial charge in [-0.1, -0.05) is 12.8 Å². The number of hydrogen-bond acceptors (Lipinski definition) is 6. The Morgan fingerprint density at radius 2 is 2.24 bits per heavy atom. The Kier molecular flexibility index (Phi) is 5.45. The minimum Gasteiger partial charge on any atom is -0.458 e. The molecule has 0 amide bonds. The number of hydrogen-bond donors (Lipinski definition) is 0. The van der Waals surface area contributed by atoms with Gasteiger partial charge in [0.1, 0.15) is 5.01 Å². The SMILES string of the molecule is Cc1csc([C@H](C#N)C(=O)COC(=O)CC2CCCC2)n1. The van der Waals surface area contributed by atoms with Crippen molar-refractivity contribution in [3.05, 3.63) is 16.1 Å². The molecular formula is C15H18N2O3S. The Hall–Kier alpha value is -1.74. The van der Waals surface area contributed by atoms with Gasteiger partial charge in [0.15, 0.2) is 18.3 Å². The molecule has 1 fully saturated rings. The molecule has 2 rings (SSSR count). The van der Waals surface area contributed by atoms with Gasteiger partial charge in [-0.25, -0.2) is 4.98 Å². The van der Waals surface area contributed by atoms with Crippen LogP contribution in [0.15, 0.2) is 5.38 Å². The molecular weight excluding hydrogens is 288 g/mol. The lowest BCUT2D eigenvalue weighted by atomic mass is 10.0. The molecule has 1 aromatic heterocycles. The Morgan fingerprint density at radius 3 is 2.81 bits per heavy atom. The largest absolute Gasteiger partial charge is 0.458 e. The molecule has 0 spiro atoms. The summed E-state index contributed by atoms with van der Waals surface area (Å²) in [5.74, 6) is -1.31. The Labute approximate surface area is 127 Å². The second-order valence-corrected chi connectivity index (χ2v) is 6.26. The Bertz CT molecular complexity index is 556. The molecule has 1 saturated carbocycles. The number of Topliss-reactive ketones (excluding diaryl/α,β-unsaturated/α-hetero) is 1. The maximum atomic E-state index is 12.0. The molecule has 1 heterocycles. The number of carbonyl (C=O) groups is 2. The molecule has 0 bridgehead atoms. The molecule has 6 heteroatoms. The van der Waals surface area contributed by atoms with Crippen molar-refractivity contribution in [2.24, 2.45) is 5.92 Å². The Morgan fingerprint density at radius 1 is 1.52 bits per heavy atom. The van der Waals surface area contributed by atoms with Crippen LogP contribution in [0.2, 0.25) is 0 Å². The molecule has 1 aliphatic carbocycles. The molecule has 0 aromatic carbocycles. The Balaban J connectivity index is 1.82. The summed E-state index contributed by atoms with van der Waals surface area (Å²) in [7, 11) is 0. The summed E-state index contributed by atoms with van der Waals surface area (Å²) in [4.78, 5) is 27.8. The zero-order valence-corrected chi connectivity index (χ0v) is 12.8. The molecule has 0 radical (unpaired) electrons. The molecule has 5 nitrogen and oxygen atoms in total. The summed E-state index contributed by atoms with van der Waals surface area (Å²) in [6, 6.07) is 1.94. The van der Waals surface area contributed by atoms with Gasteiger partial charge in [-0.15, -0.1) is 11.3 Å². The van der Waals surface area contributed by atoms with E-state index in [-0.39, 0.29) is 12.6 Å². The highest BCUT2D eigenvalue weighted by Gasteiger charge is 2.25. The van der Waals surface area contributed by atoms with Crippen molar-refractivity contribution in [3.63, 3.8) is 0 Å². The van der Waals surface area contributed by atoms with Crippen LogP contribution in [0.3, 0.4) is 0 Å². The number of nitriles is 1. The van der Waals surface area contributed by atoms with Crippen LogP contribution in [-0.4, -0.2) is 23.3 Å². The number of aromatic nitrogens is 1. The zero-order valence-electron chi connectivity index (χ0n) is 12.0. The number of thiazole rings is 1. The quantitative estimate of drug-likeness (QED) is 0.755. The van der Waals surface area contributed by atoms with Crippen LogP contribution in [0.5, 0.6) is 0 Å². The predicted molar refractivity (Wildman–Crippen MR) is 77.7 cm³/mol. The molecule has 21 heavy (non-hydrogen) atoms. The molecule has 0 unspecified atom stereocenters. The van der Waals surface area contributed by atoms with Crippen LogP contribution in [-0.2, 0) is 14.3 Å². The molecule has 112 valence electrons. The van der Waals surface area contributed by atoms with Crippen molar-refractivity contribution in [2.75, 3.05) is 6.61 Å². The second kappa shape index (κ2) is 7.32. The van der Waals surface area contributed by atoms with Gasteiger partial charge in [-0.05, 0) is 25.7 Å². The number of rotatable bonds is 6. The third kappa shape index (κ3) is 4.36. The highest BCUT2D eigenvalue weighted by atomic mass is 32.1. The number of ether oxygens (including phenoxy) is 1. The van der Waals surface area contributed by atoms with E-state index in [0.717, 1.165) is 31.4 Å². The summed E-state index contributed by atoms with van der Waals surface area (Å²) >= 11 is 1.28. The summed E-state index contributed by atoms with van der Waals surface area (Å²) in [6.07, 6.45) is 4.82. The van der Waals surface area contributed by atoms with Crippen LogP contribution in [0.25, 0.3) is 0 Å². The van der Waals surface area contributed by atoms with E-state index in [0.29, 0.717) is 17.3 Å². The van der Waals surface area contributed by atoms with E-state index in [9.17, 15) is 9.59 Å². The molecule has 0 aliphatic heterocycles. The predicted octanol–water partition coefficient (Wildman–Crippen LogP) is 2.75. The van der Waals surface area contributed by atoms with Crippen molar-refractivity contribution in [2.45, 2.75) is 44.9 Å². The maximum Gasteiger partial charge on any atom is 0.306 e. The lowest BCUT2D eigenvalue weighted by Gasteiger charge is -2.09. The van der Waals surface area contributed by atoms with E-state index >= 15 is 0 Å². The highest BCUT2D eigenvalue weighted by Crippen LogP contribution is 2.27. The van der Waals surface area contributed by atoms with Gasteiger partial charge in [0.25, 0.3) is 0 Å². The smallest absolute Gasteiger partial charge is 0.306 e. The molecule has 1 atom stereocenters. The van der Waals surface area contributed by atoms with Crippen LogP contribution in [0.1, 0.15) is 48.7 Å². The minimum absolute atomic E-state index is 0.345. The molecule has 1 aliphatic rings. The van der Waals surface area contributed by atoms with Crippen LogP contribution in [0, 0.1) is 24.2 Å². The summed E-state index contributed by atoms with van der Waals surface area (Å²) < 4.78 is 5.01. The minimum atomic E-state index is -0.942. The maximum absolute atomic E-state index is 12.0. The third-order valence-corrected chi connectivity index (χ3v) is 4.67. The van der Waals surface area contributed by atoms with Gasteiger partial charge < -0.3 is 4.74 Å². The summed E-state index contributed by atoms with van der Waals surface area (Å²) in [5.41, 5.74) is 0.779. The third-order valence-electron chi connectivity index (χ3n) is 3.64. The van der Waals surface area contributed by atoms with Crippen molar-refractivity contribution >= 4 is 23.1 Å². The normalized spacial score (nSPS) is 16.4.